The van der Waals surface area contributed by atoms with E-state index in [1.807, 2.05) is 26.0 Å². The minimum Gasteiger partial charge on any atom is -0.507 e. The van der Waals surface area contributed by atoms with Gasteiger partial charge >= 0.3 is 0 Å². The fourth-order valence-corrected chi connectivity index (χ4v) is 2.26. The Balaban J connectivity index is 2.46. The van der Waals surface area contributed by atoms with Crippen LogP contribution in [0.5, 0.6) is 5.75 Å². The summed E-state index contributed by atoms with van der Waals surface area (Å²) >= 11 is 0. The van der Waals surface area contributed by atoms with E-state index in [4.69, 9.17) is 5.73 Å². The number of carbonyl (C=O) groups excluding carboxylic acids is 1. The van der Waals surface area contributed by atoms with Gasteiger partial charge in [0.2, 0.25) is 5.91 Å². The lowest BCUT2D eigenvalue weighted by Crippen LogP contribution is -2.27. The summed E-state index contributed by atoms with van der Waals surface area (Å²) in [6.07, 6.45) is 1.56. The molecule has 1 aromatic carbocycles. The Morgan fingerprint density at radius 3 is 2.76 bits per heavy atom. The molecular formula is C13H18N2O2. The van der Waals surface area contributed by atoms with Gasteiger partial charge in [-0.2, -0.15) is 0 Å². The SMILES string of the molecule is CC1(C)C(=O)Nc2ccc(CCCN)c(O)c21. The molecule has 4 nitrogen and oxygen atoms in total. The van der Waals surface area contributed by atoms with Crippen molar-refractivity contribution in [2.75, 3.05) is 11.9 Å². The molecule has 0 aliphatic carbocycles. The van der Waals surface area contributed by atoms with Crippen LogP contribution >= 0.6 is 0 Å². The number of rotatable bonds is 3. The fraction of sp³-hybridized carbons (Fsp3) is 0.462. The van der Waals surface area contributed by atoms with E-state index in [1.165, 1.54) is 0 Å². The van der Waals surface area contributed by atoms with Crippen molar-refractivity contribution < 1.29 is 9.90 Å². The standard InChI is InChI=1S/C13H18N2O2/c1-13(2)10-9(15-12(13)17)6-5-8(11(10)16)4-3-7-14/h5-6,16H,3-4,7,14H2,1-2H3,(H,15,17). The molecule has 17 heavy (non-hydrogen) atoms. The first-order valence-electron chi connectivity index (χ1n) is 5.85. The Morgan fingerprint density at radius 1 is 1.41 bits per heavy atom. The van der Waals surface area contributed by atoms with Crippen molar-refractivity contribution in [1.29, 1.82) is 0 Å². The highest BCUT2D eigenvalue weighted by atomic mass is 16.3. The molecule has 4 N–H and O–H groups in total. The first kappa shape index (κ1) is 11.9. The molecule has 0 aromatic heterocycles. The van der Waals surface area contributed by atoms with Crippen LogP contribution in [0.15, 0.2) is 12.1 Å². The summed E-state index contributed by atoms with van der Waals surface area (Å²) in [6, 6.07) is 3.71. The van der Waals surface area contributed by atoms with Crippen LogP contribution in [0, 0.1) is 0 Å². The van der Waals surface area contributed by atoms with Gasteiger partial charge in [-0.1, -0.05) is 6.07 Å². The molecular weight excluding hydrogens is 216 g/mol. The zero-order valence-corrected chi connectivity index (χ0v) is 10.2. The van der Waals surface area contributed by atoms with Gasteiger partial charge in [0.25, 0.3) is 0 Å². The van der Waals surface area contributed by atoms with E-state index in [1.54, 1.807) is 0 Å². The maximum atomic E-state index is 11.8. The van der Waals surface area contributed by atoms with Crippen molar-refractivity contribution in [2.45, 2.75) is 32.1 Å². The number of aryl methyl sites for hydroxylation is 1. The van der Waals surface area contributed by atoms with E-state index in [2.05, 4.69) is 5.32 Å². The van der Waals surface area contributed by atoms with E-state index in [9.17, 15) is 9.90 Å². The van der Waals surface area contributed by atoms with Crippen LogP contribution in [-0.2, 0) is 16.6 Å². The molecule has 0 radical (unpaired) electrons. The highest BCUT2D eigenvalue weighted by Gasteiger charge is 2.41. The Morgan fingerprint density at radius 2 is 2.12 bits per heavy atom. The number of hydrogen-bond acceptors (Lipinski definition) is 3. The fourth-order valence-electron chi connectivity index (χ4n) is 2.26. The predicted molar refractivity (Wildman–Crippen MR) is 67.1 cm³/mol. The molecule has 0 spiro atoms. The second-order valence-corrected chi connectivity index (χ2v) is 4.97. The average Bonchev–Trinajstić information content (AvgIpc) is 2.50. The van der Waals surface area contributed by atoms with Crippen molar-refractivity contribution >= 4 is 11.6 Å². The average molecular weight is 234 g/mol. The molecule has 92 valence electrons. The summed E-state index contributed by atoms with van der Waals surface area (Å²) < 4.78 is 0. The van der Waals surface area contributed by atoms with Crippen LogP contribution in [0.3, 0.4) is 0 Å². The smallest absolute Gasteiger partial charge is 0.234 e. The van der Waals surface area contributed by atoms with Crippen molar-refractivity contribution in [2.24, 2.45) is 5.73 Å². The monoisotopic (exact) mass is 234 g/mol. The quantitative estimate of drug-likeness (QED) is 0.742. The normalized spacial score (nSPS) is 16.8. The van der Waals surface area contributed by atoms with Crippen molar-refractivity contribution in [1.82, 2.24) is 0 Å². The third-order valence-electron chi connectivity index (χ3n) is 3.35. The second kappa shape index (κ2) is 4.04. The van der Waals surface area contributed by atoms with Crippen molar-refractivity contribution in [3.63, 3.8) is 0 Å². The maximum Gasteiger partial charge on any atom is 0.234 e. The summed E-state index contributed by atoms with van der Waals surface area (Å²) in [5, 5.41) is 13.0. The van der Waals surface area contributed by atoms with E-state index < -0.39 is 5.41 Å². The Hall–Kier alpha value is -1.55. The number of hydrogen-bond donors (Lipinski definition) is 3. The second-order valence-electron chi connectivity index (χ2n) is 4.97. The summed E-state index contributed by atoms with van der Waals surface area (Å²) in [5.41, 5.74) is 7.08. The van der Waals surface area contributed by atoms with Crippen LogP contribution in [0.25, 0.3) is 0 Å². The van der Waals surface area contributed by atoms with Gasteiger partial charge in [0.1, 0.15) is 5.75 Å². The summed E-state index contributed by atoms with van der Waals surface area (Å²) in [6.45, 7) is 4.23. The van der Waals surface area contributed by atoms with E-state index in [0.29, 0.717) is 17.8 Å². The van der Waals surface area contributed by atoms with Gasteiger partial charge in [0.05, 0.1) is 5.41 Å². The molecule has 0 fully saturated rings. The zero-order valence-electron chi connectivity index (χ0n) is 10.2. The molecule has 0 bridgehead atoms. The van der Waals surface area contributed by atoms with Crippen LogP contribution in [0.4, 0.5) is 5.69 Å². The molecule has 1 amide bonds. The molecule has 2 rings (SSSR count). The van der Waals surface area contributed by atoms with Gasteiger partial charge in [-0.25, -0.2) is 0 Å². The van der Waals surface area contributed by atoms with Crippen molar-refractivity contribution in [3.05, 3.63) is 23.3 Å². The Kier molecular flexibility index (Phi) is 2.83. The zero-order chi connectivity index (χ0) is 12.6. The number of carbonyl (C=O) groups is 1. The number of nitrogens with one attached hydrogen (secondary N) is 1. The molecule has 1 aromatic rings. The lowest BCUT2D eigenvalue weighted by molar-refractivity contribution is -0.119. The first-order chi connectivity index (χ1) is 7.98. The van der Waals surface area contributed by atoms with Crippen molar-refractivity contribution in [3.8, 4) is 5.75 Å². The maximum absolute atomic E-state index is 11.8. The van der Waals surface area contributed by atoms with Crippen LogP contribution in [0.2, 0.25) is 0 Å². The Labute approximate surface area is 101 Å². The molecule has 0 saturated heterocycles. The number of benzene rings is 1. The van der Waals surface area contributed by atoms with Crippen LogP contribution in [-0.4, -0.2) is 17.6 Å². The molecule has 1 aliphatic heterocycles. The molecule has 0 atom stereocenters. The number of phenols is 1. The molecule has 0 unspecified atom stereocenters. The number of anilines is 1. The topological polar surface area (TPSA) is 75.4 Å². The third kappa shape index (κ3) is 1.78. The highest BCUT2D eigenvalue weighted by Crippen LogP contribution is 2.44. The van der Waals surface area contributed by atoms with E-state index in [0.717, 1.165) is 18.4 Å². The van der Waals surface area contributed by atoms with E-state index >= 15 is 0 Å². The minimum absolute atomic E-state index is 0.0706. The number of amides is 1. The summed E-state index contributed by atoms with van der Waals surface area (Å²) in [5.74, 6) is 0.165. The summed E-state index contributed by atoms with van der Waals surface area (Å²) in [4.78, 5) is 11.8. The predicted octanol–water partition coefficient (Wildman–Crippen LogP) is 1.51. The molecule has 1 aliphatic rings. The minimum atomic E-state index is -0.669. The third-order valence-corrected chi connectivity index (χ3v) is 3.35. The number of nitrogens with two attached hydrogens (primary N) is 1. The van der Waals surface area contributed by atoms with E-state index in [-0.39, 0.29) is 11.7 Å². The van der Waals surface area contributed by atoms with Gasteiger partial charge in [0, 0.05) is 11.3 Å². The van der Waals surface area contributed by atoms with Gasteiger partial charge in [-0.05, 0) is 44.9 Å². The molecule has 1 heterocycles. The Bertz CT molecular complexity index is 467. The largest absolute Gasteiger partial charge is 0.507 e. The lowest BCUT2D eigenvalue weighted by atomic mass is 9.84. The highest BCUT2D eigenvalue weighted by molar-refractivity contribution is 6.06. The van der Waals surface area contributed by atoms with Gasteiger partial charge < -0.3 is 16.2 Å². The molecule has 0 saturated carbocycles. The van der Waals surface area contributed by atoms with Crippen LogP contribution < -0.4 is 11.1 Å². The number of fused-ring (bicyclic) bond motifs is 1. The first-order valence-corrected chi connectivity index (χ1v) is 5.85. The molecule has 4 heteroatoms. The summed E-state index contributed by atoms with van der Waals surface area (Å²) in [7, 11) is 0. The number of phenolic OH excluding ortho intramolecular Hbond substituents is 1. The van der Waals surface area contributed by atoms with Gasteiger partial charge in [-0.3, -0.25) is 4.79 Å². The lowest BCUT2D eigenvalue weighted by Gasteiger charge is -2.18. The van der Waals surface area contributed by atoms with Gasteiger partial charge in [-0.15, -0.1) is 0 Å². The van der Waals surface area contributed by atoms with Gasteiger partial charge in [0.15, 0.2) is 0 Å². The van der Waals surface area contributed by atoms with Crippen LogP contribution in [0.1, 0.15) is 31.4 Å². The number of aromatic hydroxyl groups is 1.